The molecule has 0 aromatic heterocycles. The van der Waals surface area contributed by atoms with E-state index >= 15 is 0 Å². The molecule has 0 aliphatic carbocycles. The Morgan fingerprint density at radius 1 is 1.04 bits per heavy atom. The Bertz CT molecular complexity index is 768. The summed E-state index contributed by atoms with van der Waals surface area (Å²) in [5.74, 6) is -0.0730. The molecule has 3 rings (SSSR count). The summed E-state index contributed by atoms with van der Waals surface area (Å²) < 4.78 is 0. The van der Waals surface area contributed by atoms with E-state index in [0.717, 1.165) is 24.9 Å². The fourth-order valence-corrected chi connectivity index (χ4v) is 3.25. The van der Waals surface area contributed by atoms with E-state index in [1.54, 1.807) is 30.3 Å². The van der Waals surface area contributed by atoms with Crippen LogP contribution in [0.3, 0.4) is 0 Å². The molecule has 0 unspecified atom stereocenters. The van der Waals surface area contributed by atoms with Gasteiger partial charge in [-0.25, -0.2) is 0 Å². The van der Waals surface area contributed by atoms with Crippen LogP contribution in [0.25, 0.3) is 0 Å². The number of anilines is 1. The number of piperidine rings is 1. The third kappa shape index (κ3) is 4.08. The van der Waals surface area contributed by atoms with Gasteiger partial charge < -0.3 is 10.2 Å². The third-order valence-electron chi connectivity index (χ3n) is 4.73. The molecule has 1 aliphatic heterocycles. The molecule has 1 heterocycles. The molecular formula is C21H24N2O2. The molecule has 2 amide bonds. The van der Waals surface area contributed by atoms with E-state index in [9.17, 15) is 9.59 Å². The van der Waals surface area contributed by atoms with Crippen molar-refractivity contribution in [2.24, 2.45) is 0 Å². The Morgan fingerprint density at radius 3 is 2.48 bits per heavy atom. The van der Waals surface area contributed by atoms with E-state index in [0.29, 0.717) is 22.9 Å². The van der Waals surface area contributed by atoms with E-state index in [1.165, 1.54) is 6.42 Å². The number of nitrogens with zero attached hydrogens (tertiary/aromatic N) is 1. The van der Waals surface area contributed by atoms with Crippen LogP contribution in [0.2, 0.25) is 0 Å². The van der Waals surface area contributed by atoms with Crippen molar-refractivity contribution < 1.29 is 9.59 Å². The summed E-state index contributed by atoms with van der Waals surface area (Å²) in [5.41, 5.74) is 3.03. The van der Waals surface area contributed by atoms with Gasteiger partial charge in [-0.05, 0) is 69.5 Å². The summed E-state index contributed by atoms with van der Waals surface area (Å²) in [4.78, 5) is 26.9. The van der Waals surface area contributed by atoms with Crippen molar-refractivity contribution in [2.45, 2.75) is 39.2 Å². The summed E-state index contributed by atoms with van der Waals surface area (Å²) in [7, 11) is 0. The Hall–Kier alpha value is -2.62. The molecule has 1 N–H and O–H groups in total. The lowest BCUT2D eigenvalue weighted by Crippen LogP contribution is -2.42. The Morgan fingerprint density at radius 2 is 1.80 bits per heavy atom. The Balaban J connectivity index is 1.67. The van der Waals surface area contributed by atoms with Crippen LogP contribution in [-0.4, -0.2) is 29.3 Å². The second-order valence-electron chi connectivity index (χ2n) is 6.74. The van der Waals surface area contributed by atoms with Crippen LogP contribution in [0.5, 0.6) is 0 Å². The summed E-state index contributed by atoms with van der Waals surface area (Å²) in [6.07, 6.45) is 3.33. The molecule has 0 bridgehead atoms. The van der Waals surface area contributed by atoms with Crippen LogP contribution in [0.1, 0.15) is 52.5 Å². The number of nitrogens with one attached hydrogen (secondary N) is 1. The minimum atomic E-state index is -0.146. The molecule has 2 aromatic carbocycles. The number of hydrogen-bond acceptors (Lipinski definition) is 2. The zero-order valence-electron chi connectivity index (χ0n) is 14.8. The first-order valence-corrected chi connectivity index (χ1v) is 8.83. The monoisotopic (exact) mass is 336 g/mol. The molecule has 2 aromatic rings. The number of benzene rings is 2. The predicted octanol–water partition coefficient (Wildman–Crippen LogP) is 4.26. The summed E-state index contributed by atoms with van der Waals surface area (Å²) in [6.45, 7) is 4.89. The van der Waals surface area contributed by atoms with Gasteiger partial charge in [0.15, 0.2) is 0 Å². The highest BCUT2D eigenvalue weighted by Gasteiger charge is 2.24. The van der Waals surface area contributed by atoms with Crippen LogP contribution in [0.4, 0.5) is 5.69 Å². The number of carbonyl (C=O) groups excluding carboxylic acids is 2. The maximum atomic E-state index is 12.6. The molecule has 130 valence electrons. The fraction of sp³-hybridized carbons (Fsp3) is 0.333. The molecular weight excluding hydrogens is 312 g/mol. The van der Waals surface area contributed by atoms with Gasteiger partial charge in [-0.1, -0.05) is 17.7 Å². The van der Waals surface area contributed by atoms with E-state index in [2.05, 4.69) is 12.2 Å². The number of aryl methyl sites for hydroxylation is 1. The fourth-order valence-electron chi connectivity index (χ4n) is 3.25. The quantitative estimate of drug-likeness (QED) is 0.910. The van der Waals surface area contributed by atoms with E-state index in [4.69, 9.17) is 0 Å². The maximum absolute atomic E-state index is 12.6. The lowest BCUT2D eigenvalue weighted by Gasteiger charge is -2.33. The third-order valence-corrected chi connectivity index (χ3v) is 4.73. The standard InChI is InChI=1S/C21H24N2O2/c1-15-6-5-8-18(14-15)20(24)22-19-11-9-17(10-12-19)21(25)23-13-4-3-7-16(23)2/h5-6,8-12,14,16H,3-4,7,13H2,1-2H3,(H,22,24)/t16-/m0/s1. The first-order valence-electron chi connectivity index (χ1n) is 8.83. The number of amides is 2. The topological polar surface area (TPSA) is 49.4 Å². The van der Waals surface area contributed by atoms with E-state index in [-0.39, 0.29) is 11.8 Å². The Kier molecular flexibility index (Phi) is 5.17. The second-order valence-corrected chi connectivity index (χ2v) is 6.74. The van der Waals surface area contributed by atoms with Crippen molar-refractivity contribution in [3.8, 4) is 0 Å². The van der Waals surface area contributed by atoms with Gasteiger partial charge in [0.1, 0.15) is 0 Å². The van der Waals surface area contributed by atoms with Gasteiger partial charge in [-0.15, -0.1) is 0 Å². The molecule has 4 nitrogen and oxygen atoms in total. The van der Waals surface area contributed by atoms with Crippen LogP contribution in [0.15, 0.2) is 48.5 Å². The van der Waals surface area contributed by atoms with E-state index in [1.807, 2.05) is 30.0 Å². The smallest absolute Gasteiger partial charge is 0.255 e. The van der Waals surface area contributed by atoms with Crippen LogP contribution in [-0.2, 0) is 0 Å². The van der Waals surface area contributed by atoms with Gasteiger partial charge in [0.05, 0.1) is 0 Å². The molecule has 0 saturated carbocycles. The molecule has 0 spiro atoms. The van der Waals surface area contributed by atoms with E-state index < -0.39 is 0 Å². The van der Waals surface area contributed by atoms with Crippen molar-refractivity contribution >= 4 is 17.5 Å². The molecule has 25 heavy (non-hydrogen) atoms. The summed E-state index contributed by atoms with van der Waals surface area (Å²) in [5, 5.41) is 2.88. The average Bonchev–Trinajstić information content (AvgIpc) is 2.62. The second kappa shape index (κ2) is 7.51. The molecule has 1 aliphatic rings. The van der Waals surface area contributed by atoms with Crippen molar-refractivity contribution in [1.29, 1.82) is 0 Å². The summed E-state index contributed by atoms with van der Waals surface area (Å²) >= 11 is 0. The molecule has 4 heteroatoms. The van der Waals surface area contributed by atoms with Crippen molar-refractivity contribution in [2.75, 3.05) is 11.9 Å². The minimum absolute atomic E-state index is 0.0729. The van der Waals surface area contributed by atoms with Crippen molar-refractivity contribution in [3.63, 3.8) is 0 Å². The molecule has 1 atom stereocenters. The lowest BCUT2D eigenvalue weighted by atomic mass is 10.0. The Labute approximate surface area is 148 Å². The zero-order chi connectivity index (χ0) is 17.8. The number of likely N-dealkylation sites (tertiary alicyclic amines) is 1. The highest BCUT2D eigenvalue weighted by atomic mass is 16.2. The van der Waals surface area contributed by atoms with Gasteiger partial charge in [-0.2, -0.15) is 0 Å². The summed E-state index contributed by atoms with van der Waals surface area (Å²) in [6, 6.07) is 14.9. The first-order chi connectivity index (χ1) is 12.0. The molecule has 1 fully saturated rings. The number of rotatable bonds is 3. The van der Waals surface area contributed by atoms with Gasteiger partial charge >= 0.3 is 0 Å². The number of carbonyl (C=O) groups is 2. The van der Waals surface area contributed by atoms with Gasteiger partial charge in [0.2, 0.25) is 0 Å². The minimum Gasteiger partial charge on any atom is -0.336 e. The van der Waals surface area contributed by atoms with Crippen LogP contribution >= 0.6 is 0 Å². The first kappa shape index (κ1) is 17.2. The van der Waals surface area contributed by atoms with Crippen LogP contribution < -0.4 is 5.32 Å². The normalized spacial score (nSPS) is 17.2. The largest absolute Gasteiger partial charge is 0.336 e. The number of hydrogen-bond donors (Lipinski definition) is 1. The van der Waals surface area contributed by atoms with Gasteiger partial charge in [0.25, 0.3) is 11.8 Å². The SMILES string of the molecule is Cc1cccc(C(=O)Nc2ccc(C(=O)N3CCCC[C@@H]3C)cc2)c1. The van der Waals surface area contributed by atoms with Crippen LogP contribution in [0, 0.1) is 6.92 Å². The van der Waals surface area contributed by atoms with Crippen molar-refractivity contribution in [1.82, 2.24) is 4.90 Å². The maximum Gasteiger partial charge on any atom is 0.255 e. The van der Waals surface area contributed by atoms with Crippen molar-refractivity contribution in [3.05, 3.63) is 65.2 Å². The van der Waals surface area contributed by atoms with Gasteiger partial charge in [-0.3, -0.25) is 9.59 Å². The van der Waals surface area contributed by atoms with Gasteiger partial charge in [0, 0.05) is 29.4 Å². The average molecular weight is 336 g/mol. The lowest BCUT2D eigenvalue weighted by molar-refractivity contribution is 0.0635. The highest BCUT2D eigenvalue weighted by molar-refractivity contribution is 6.04. The predicted molar refractivity (Wildman–Crippen MR) is 99.9 cm³/mol. The highest BCUT2D eigenvalue weighted by Crippen LogP contribution is 2.20. The molecule has 0 radical (unpaired) electrons. The zero-order valence-corrected chi connectivity index (χ0v) is 14.8. The molecule has 1 saturated heterocycles.